The van der Waals surface area contributed by atoms with Gasteiger partial charge in [0.05, 0.1) is 0 Å². The minimum Gasteiger partial charge on any atom is -0.0869 e. The molecule has 1 aromatic rings. The maximum atomic E-state index is 2.43. The zero-order valence-electron chi connectivity index (χ0n) is 11.3. The lowest BCUT2D eigenvalue weighted by Crippen LogP contribution is -2.30. The molecular formula is C16H25P. The summed E-state index contributed by atoms with van der Waals surface area (Å²) in [5.74, 6) is 2.74. The fourth-order valence-electron chi connectivity index (χ4n) is 3.12. The molecule has 0 radical (unpaired) electrons. The van der Waals surface area contributed by atoms with Gasteiger partial charge in [0.2, 0.25) is 0 Å². The summed E-state index contributed by atoms with van der Waals surface area (Å²) in [7, 11) is 1.01. The zero-order valence-corrected chi connectivity index (χ0v) is 12.3. The summed E-state index contributed by atoms with van der Waals surface area (Å²) in [6.07, 6.45) is 4.33. The molecule has 1 aliphatic carbocycles. The van der Waals surface area contributed by atoms with Crippen molar-refractivity contribution >= 4 is 13.9 Å². The summed E-state index contributed by atoms with van der Waals surface area (Å²) in [4.78, 5) is 0. The largest absolute Gasteiger partial charge is 0.0869 e. The van der Waals surface area contributed by atoms with Crippen LogP contribution in [0.5, 0.6) is 0 Å². The van der Waals surface area contributed by atoms with E-state index in [1.807, 2.05) is 0 Å². The number of benzene rings is 1. The highest BCUT2D eigenvalue weighted by molar-refractivity contribution is 7.48. The van der Waals surface area contributed by atoms with Crippen molar-refractivity contribution < 1.29 is 0 Å². The Kier molecular flexibility index (Phi) is 4.62. The molecule has 17 heavy (non-hydrogen) atoms. The third kappa shape index (κ3) is 3.55. The molecule has 1 saturated carbocycles. The molecule has 4 atom stereocenters. The third-order valence-electron chi connectivity index (χ3n) is 4.15. The normalized spacial score (nSPS) is 30.2. The quantitative estimate of drug-likeness (QED) is 0.693. The van der Waals surface area contributed by atoms with E-state index in [9.17, 15) is 0 Å². The predicted molar refractivity (Wildman–Crippen MR) is 79.5 cm³/mol. The Balaban J connectivity index is 2.05. The third-order valence-corrected chi connectivity index (χ3v) is 5.85. The van der Waals surface area contributed by atoms with Gasteiger partial charge in [-0.1, -0.05) is 66.1 Å². The summed E-state index contributed by atoms with van der Waals surface area (Å²) >= 11 is 0. The van der Waals surface area contributed by atoms with Gasteiger partial charge in [0.15, 0.2) is 0 Å². The van der Waals surface area contributed by atoms with E-state index in [0.29, 0.717) is 0 Å². The molecule has 2 rings (SSSR count). The molecule has 1 aliphatic rings. The summed E-state index contributed by atoms with van der Waals surface area (Å²) in [5.41, 5.74) is 0.932. The monoisotopic (exact) mass is 248 g/mol. The first-order valence-electron chi connectivity index (χ1n) is 6.98. The Morgan fingerprint density at radius 1 is 1.12 bits per heavy atom. The molecule has 0 amide bonds. The molecule has 0 aromatic heterocycles. The van der Waals surface area contributed by atoms with Crippen molar-refractivity contribution in [3.63, 3.8) is 0 Å². The van der Waals surface area contributed by atoms with Crippen LogP contribution >= 0.6 is 8.58 Å². The van der Waals surface area contributed by atoms with Crippen LogP contribution in [0.15, 0.2) is 30.3 Å². The second kappa shape index (κ2) is 6.01. The maximum absolute atomic E-state index is 2.43. The predicted octanol–water partition coefficient (Wildman–Crippen LogP) is 4.45. The Hall–Kier alpha value is -0.350. The standard InChI is InChI=1S/C16H25P/c1-12(2)15-10-9-13(3)11-16(15)17-14-7-5-4-6-8-14/h4-8,12-13,15-17H,9-11H2,1-3H3/t13?,15-,16?/m0/s1. The van der Waals surface area contributed by atoms with Crippen molar-refractivity contribution in [2.24, 2.45) is 17.8 Å². The molecule has 0 nitrogen and oxygen atoms in total. The van der Waals surface area contributed by atoms with Gasteiger partial charge in [-0.2, -0.15) is 0 Å². The molecule has 1 heteroatoms. The molecule has 94 valence electrons. The van der Waals surface area contributed by atoms with Crippen molar-refractivity contribution in [3.05, 3.63) is 30.3 Å². The second-order valence-corrected chi connectivity index (χ2v) is 7.55. The van der Waals surface area contributed by atoms with Gasteiger partial charge in [0.1, 0.15) is 0 Å². The first-order valence-corrected chi connectivity index (χ1v) is 8.06. The van der Waals surface area contributed by atoms with Gasteiger partial charge in [0.25, 0.3) is 0 Å². The van der Waals surface area contributed by atoms with Crippen LogP contribution in [-0.4, -0.2) is 5.66 Å². The van der Waals surface area contributed by atoms with E-state index < -0.39 is 0 Å². The minimum atomic E-state index is 0.851. The number of hydrogen-bond acceptors (Lipinski definition) is 0. The Labute approximate surface area is 108 Å². The van der Waals surface area contributed by atoms with Crippen LogP contribution < -0.4 is 5.30 Å². The van der Waals surface area contributed by atoms with Gasteiger partial charge in [-0.05, 0) is 41.6 Å². The summed E-state index contributed by atoms with van der Waals surface area (Å²) in [6.45, 7) is 7.24. The zero-order chi connectivity index (χ0) is 12.3. The van der Waals surface area contributed by atoms with E-state index in [1.54, 1.807) is 5.30 Å². The highest BCUT2D eigenvalue weighted by Crippen LogP contribution is 2.42. The van der Waals surface area contributed by atoms with Gasteiger partial charge in [-0.15, -0.1) is 0 Å². The van der Waals surface area contributed by atoms with Crippen molar-refractivity contribution in [1.82, 2.24) is 0 Å². The Bertz CT molecular complexity index is 331. The van der Waals surface area contributed by atoms with Crippen LogP contribution in [0, 0.1) is 17.8 Å². The van der Waals surface area contributed by atoms with Crippen molar-refractivity contribution in [1.29, 1.82) is 0 Å². The van der Waals surface area contributed by atoms with Crippen molar-refractivity contribution in [2.75, 3.05) is 0 Å². The van der Waals surface area contributed by atoms with Crippen LogP contribution in [0.25, 0.3) is 0 Å². The van der Waals surface area contributed by atoms with Crippen molar-refractivity contribution in [2.45, 2.75) is 45.7 Å². The SMILES string of the molecule is CC1CC[C@@H](C(C)C)C(Pc2ccccc2)C1. The molecule has 0 saturated heterocycles. The molecule has 1 aromatic carbocycles. The van der Waals surface area contributed by atoms with Crippen LogP contribution in [-0.2, 0) is 0 Å². The van der Waals surface area contributed by atoms with Gasteiger partial charge >= 0.3 is 0 Å². The summed E-state index contributed by atoms with van der Waals surface area (Å²) < 4.78 is 0. The first-order chi connectivity index (χ1) is 8.16. The molecule has 0 aliphatic heterocycles. The molecule has 0 bridgehead atoms. The van der Waals surface area contributed by atoms with E-state index >= 15 is 0 Å². The van der Waals surface area contributed by atoms with E-state index in [0.717, 1.165) is 32.0 Å². The molecular weight excluding hydrogens is 223 g/mol. The molecule has 0 N–H and O–H groups in total. The van der Waals surface area contributed by atoms with Crippen molar-refractivity contribution in [3.8, 4) is 0 Å². The van der Waals surface area contributed by atoms with Gasteiger partial charge in [0, 0.05) is 0 Å². The van der Waals surface area contributed by atoms with Crippen LogP contribution in [0.2, 0.25) is 0 Å². The molecule has 1 fully saturated rings. The van der Waals surface area contributed by atoms with E-state index in [1.165, 1.54) is 19.3 Å². The van der Waals surface area contributed by atoms with E-state index in [2.05, 4.69) is 51.1 Å². The van der Waals surface area contributed by atoms with Crippen LogP contribution in [0.4, 0.5) is 0 Å². The lowest BCUT2D eigenvalue weighted by molar-refractivity contribution is 0.243. The average Bonchev–Trinajstić information content (AvgIpc) is 2.30. The molecule has 0 spiro atoms. The van der Waals surface area contributed by atoms with E-state index in [4.69, 9.17) is 0 Å². The van der Waals surface area contributed by atoms with Crippen LogP contribution in [0.3, 0.4) is 0 Å². The fraction of sp³-hybridized carbons (Fsp3) is 0.625. The molecule has 0 heterocycles. The van der Waals surface area contributed by atoms with Gasteiger partial charge < -0.3 is 0 Å². The number of rotatable bonds is 3. The topological polar surface area (TPSA) is 0 Å². The van der Waals surface area contributed by atoms with Gasteiger partial charge in [-0.25, -0.2) is 0 Å². The molecule has 3 unspecified atom stereocenters. The van der Waals surface area contributed by atoms with Gasteiger partial charge in [-0.3, -0.25) is 0 Å². The minimum absolute atomic E-state index is 0.851. The Morgan fingerprint density at radius 3 is 2.47 bits per heavy atom. The second-order valence-electron chi connectivity index (χ2n) is 5.94. The summed E-state index contributed by atoms with van der Waals surface area (Å²) in [6, 6.07) is 11.1. The van der Waals surface area contributed by atoms with Crippen LogP contribution in [0.1, 0.15) is 40.0 Å². The average molecular weight is 248 g/mol. The highest BCUT2D eigenvalue weighted by atomic mass is 31.1. The first kappa shape index (κ1) is 13.1. The summed E-state index contributed by atoms with van der Waals surface area (Å²) in [5, 5.41) is 1.55. The fourth-order valence-corrected chi connectivity index (χ4v) is 5.22. The number of hydrogen-bond donors (Lipinski definition) is 0. The smallest absolute Gasteiger partial charge is 0.0163 e. The lowest BCUT2D eigenvalue weighted by atomic mass is 9.77. The Morgan fingerprint density at radius 2 is 1.82 bits per heavy atom. The van der Waals surface area contributed by atoms with E-state index in [-0.39, 0.29) is 0 Å². The lowest BCUT2D eigenvalue weighted by Gasteiger charge is -2.37. The highest BCUT2D eigenvalue weighted by Gasteiger charge is 2.30. The maximum Gasteiger partial charge on any atom is -0.0163 e.